The lowest BCUT2D eigenvalue weighted by atomic mass is 9.89. The fourth-order valence-corrected chi connectivity index (χ4v) is 1.64. The second-order valence-corrected chi connectivity index (χ2v) is 4.27. The van der Waals surface area contributed by atoms with Gasteiger partial charge in [-0.25, -0.2) is 0 Å². The molecule has 0 bridgehead atoms. The molecule has 0 aliphatic rings. The summed E-state index contributed by atoms with van der Waals surface area (Å²) in [4.78, 5) is 22.3. The zero-order valence-electron chi connectivity index (χ0n) is 10.3. The van der Waals surface area contributed by atoms with E-state index < -0.39 is 24.1 Å². The van der Waals surface area contributed by atoms with Crippen LogP contribution in [0.2, 0.25) is 0 Å². The van der Waals surface area contributed by atoms with E-state index in [1.54, 1.807) is 0 Å². The standard InChI is InChI=1S/C11H23N3O3/c1-2-3-4-7(11(13)14)10(17)8(12)5-6-9(15)16/h7-8,11H,2-6,12-14H2,1H3,(H,15,16)/t7?,8-/m0/s1. The van der Waals surface area contributed by atoms with E-state index in [1.807, 2.05) is 6.92 Å². The van der Waals surface area contributed by atoms with Crippen LogP contribution in [0, 0.1) is 5.92 Å². The summed E-state index contributed by atoms with van der Waals surface area (Å²) < 4.78 is 0. The predicted molar refractivity (Wildman–Crippen MR) is 65.0 cm³/mol. The van der Waals surface area contributed by atoms with Crippen molar-refractivity contribution in [1.29, 1.82) is 0 Å². The van der Waals surface area contributed by atoms with Crippen LogP contribution in [0.15, 0.2) is 0 Å². The highest BCUT2D eigenvalue weighted by molar-refractivity contribution is 5.87. The number of unbranched alkanes of at least 4 members (excludes halogenated alkanes) is 1. The quantitative estimate of drug-likeness (QED) is 0.416. The number of Topliss-reactive ketones (excluding diaryl/α,β-unsaturated/α-hetero) is 1. The Labute approximate surface area is 102 Å². The number of carboxylic acids is 1. The Morgan fingerprint density at radius 1 is 1.18 bits per heavy atom. The van der Waals surface area contributed by atoms with Crippen molar-refractivity contribution in [3.8, 4) is 0 Å². The Balaban J connectivity index is 4.33. The summed E-state index contributed by atoms with van der Waals surface area (Å²) in [5.41, 5.74) is 16.8. The van der Waals surface area contributed by atoms with Gasteiger partial charge in [0.1, 0.15) is 0 Å². The molecule has 0 amide bonds. The number of ketones is 1. The fourth-order valence-electron chi connectivity index (χ4n) is 1.64. The Hall–Kier alpha value is -0.980. The number of hydrogen-bond acceptors (Lipinski definition) is 5. The van der Waals surface area contributed by atoms with Crippen molar-refractivity contribution >= 4 is 11.8 Å². The average Bonchev–Trinajstić information content (AvgIpc) is 2.25. The molecule has 2 atom stereocenters. The minimum atomic E-state index is -0.963. The lowest BCUT2D eigenvalue weighted by molar-refractivity contribution is -0.137. The minimum absolute atomic E-state index is 0.118. The maximum Gasteiger partial charge on any atom is 0.303 e. The molecule has 1 unspecified atom stereocenters. The largest absolute Gasteiger partial charge is 0.481 e. The first-order chi connectivity index (χ1) is 7.90. The van der Waals surface area contributed by atoms with Crippen molar-refractivity contribution in [3.63, 3.8) is 0 Å². The molecule has 17 heavy (non-hydrogen) atoms. The molecule has 0 saturated heterocycles. The zero-order chi connectivity index (χ0) is 13.4. The molecule has 0 aliphatic heterocycles. The van der Waals surface area contributed by atoms with Gasteiger partial charge in [0.2, 0.25) is 0 Å². The van der Waals surface area contributed by atoms with Crippen LogP contribution >= 0.6 is 0 Å². The number of carbonyl (C=O) groups is 2. The van der Waals surface area contributed by atoms with E-state index >= 15 is 0 Å². The van der Waals surface area contributed by atoms with Gasteiger partial charge in [-0.2, -0.15) is 0 Å². The molecule has 0 rings (SSSR count). The maximum atomic E-state index is 11.9. The Kier molecular flexibility index (Phi) is 7.69. The van der Waals surface area contributed by atoms with Crippen molar-refractivity contribution in [1.82, 2.24) is 0 Å². The van der Waals surface area contributed by atoms with Crippen molar-refractivity contribution in [3.05, 3.63) is 0 Å². The number of hydrogen-bond donors (Lipinski definition) is 4. The van der Waals surface area contributed by atoms with Gasteiger partial charge in [0, 0.05) is 12.3 Å². The van der Waals surface area contributed by atoms with Crippen molar-refractivity contribution in [2.24, 2.45) is 23.1 Å². The predicted octanol–water partition coefficient (Wildman–Crippen LogP) is -0.202. The number of aliphatic carboxylic acids is 1. The lowest BCUT2D eigenvalue weighted by Crippen LogP contribution is -2.48. The fraction of sp³-hybridized carbons (Fsp3) is 0.818. The Bertz CT molecular complexity index is 256. The summed E-state index contributed by atoms with van der Waals surface area (Å²) in [5.74, 6) is -1.66. The normalized spacial score (nSPS) is 14.6. The van der Waals surface area contributed by atoms with E-state index in [-0.39, 0.29) is 18.6 Å². The molecule has 0 aromatic carbocycles. The third-order valence-electron chi connectivity index (χ3n) is 2.73. The number of carbonyl (C=O) groups excluding carboxylic acids is 1. The van der Waals surface area contributed by atoms with Crippen molar-refractivity contribution < 1.29 is 14.7 Å². The molecule has 0 saturated carbocycles. The van der Waals surface area contributed by atoms with Crippen LogP contribution in [0.3, 0.4) is 0 Å². The molecule has 0 aromatic heterocycles. The third-order valence-corrected chi connectivity index (χ3v) is 2.73. The third kappa shape index (κ3) is 6.35. The van der Waals surface area contributed by atoms with Crippen molar-refractivity contribution in [2.45, 2.75) is 51.2 Å². The first-order valence-corrected chi connectivity index (χ1v) is 5.92. The molecule has 0 heterocycles. The molecular formula is C11H23N3O3. The smallest absolute Gasteiger partial charge is 0.303 e. The van der Waals surface area contributed by atoms with E-state index in [0.29, 0.717) is 6.42 Å². The summed E-state index contributed by atoms with van der Waals surface area (Å²) in [5, 5.41) is 8.52. The zero-order valence-corrected chi connectivity index (χ0v) is 10.3. The highest BCUT2D eigenvalue weighted by Crippen LogP contribution is 2.14. The average molecular weight is 245 g/mol. The second kappa shape index (κ2) is 8.16. The van der Waals surface area contributed by atoms with Gasteiger partial charge in [0.05, 0.1) is 12.2 Å². The summed E-state index contributed by atoms with van der Waals surface area (Å²) >= 11 is 0. The molecule has 0 fully saturated rings. The Morgan fingerprint density at radius 2 is 1.76 bits per heavy atom. The van der Waals surface area contributed by atoms with Gasteiger partial charge in [-0.05, 0) is 12.8 Å². The van der Waals surface area contributed by atoms with Gasteiger partial charge in [-0.15, -0.1) is 0 Å². The highest BCUT2D eigenvalue weighted by Gasteiger charge is 2.27. The molecule has 0 radical (unpaired) electrons. The number of nitrogens with two attached hydrogens (primary N) is 3. The van der Waals surface area contributed by atoms with Gasteiger partial charge in [-0.1, -0.05) is 19.8 Å². The van der Waals surface area contributed by atoms with E-state index in [1.165, 1.54) is 0 Å². The topological polar surface area (TPSA) is 132 Å². The van der Waals surface area contributed by atoms with Crippen molar-refractivity contribution in [2.75, 3.05) is 0 Å². The van der Waals surface area contributed by atoms with Crippen LogP contribution in [0.5, 0.6) is 0 Å². The number of rotatable bonds is 9. The van der Waals surface area contributed by atoms with Gasteiger partial charge < -0.3 is 22.3 Å². The van der Waals surface area contributed by atoms with E-state index in [0.717, 1.165) is 12.8 Å². The second-order valence-electron chi connectivity index (χ2n) is 4.27. The molecule has 6 heteroatoms. The molecule has 0 aromatic rings. The summed E-state index contributed by atoms with van der Waals surface area (Å²) in [6.45, 7) is 2.01. The molecule has 0 aliphatic carbocycles. The molecule has 7 N–H and O–H groups in total. The first kappa shape index (κ1) is 16.0. The maximum absolute atomic E-state index is 11.9. The van der Waals surface area contributed by atoms with Gasteiger partial charge >= 0.3 is 5.97 Å². The molecule has 0 spiro atoms. The first-order valence-electron chi connectivity index (χ1n) is 5.92. The lowest BCUT2D eigenvalue weighted by Gasteiger charge is -2.22. The number of carboxylic acid groups (broad SMARTS) is 1. The van der Waals surface area contributed by atoms with Crippen LogP contribution < -0.4 is 17.2 Å². The summed E-state index contributed by atoms with van der Waals surface area (Å²) in [6.07, 6.45) is 1.68. The van der Waals surface area contributed by atoms with Gasteiger partial charge in [0.25, 0.3) is 0 Å². The monoisotopic (exact) mass is 245 g/mol. The van der Waals surface area contributed by atoms with Crippen LogP contribution in [-0.4, -0.2) is 29.1 Å². The molecule has 6 nitrogen and oxygen atoms in total. The van der Waals surface area contributed by atoms with Crippen LogP contribution in [0.25, 0.3) is 0 Å². The highest BCUT2D eigenvalue weighted by atomic mass is 16.4. The van der Waals surface area contributed by atoms with Crippen LogP contribution in [-0.2, 0) is 9.59 Å². The SMILES string of the molecule is CCCCC(C(=O)[C@@H](N)CCC(=O)O)C(N)N. The summed E-state index contributed by atoms with van der Waals surface area (Å²) in [7, 11) is 0. The van der Waals surface area contributed by atoms with Crippen LogP contribution in [0.1, 0.15) is 39.0 Å². The molecule has 100 valence electrons. The van der Waals surface area contributed by atoms with E-state index in [4.69, 9.17) is 22.3 Å². The van der Waals surface area contributed by atoms with Gasteiger partial charge in [-0.3, -0.25) is 9.59 Å². The van der Waals surface area contributed by atoms with E-state index in [9.17, 15) is 9.59 Å². The minimum Gasteiger partial charge on any atom is -0.481 e. The van der Waals surface area contributed by atoms with Crippen LogP contribution in [0.4, 0.5) is 0 Å². The summed E-state index contributed by atoms with van der Waals surface area (Å²) in [6, 6.07) is -0.789. The van der Waals surface area contributed by atoms with E-state index in [2.05, 4.69) is 0 Å². The van der Waals surface area contributed by atoms with Gasteiger partial charge in [0.15, 0.2) is 5.78 Å². The Morgan fingerprint density at radius 3 is 2.18 bits per heavy atom. The molecular weight excluding hydrogens is 222 g/mol.